The van der Waals surface area contributed by atoms with Gasteiger partial charge in [0.05, 0.1) is 18.1 Å². The Morgan fingerprint density at radius 3 is 2.24 bits per heavy atom. The van der Waals surface area contributed by atoms with Crippen LogP contribution in [0.25, 0.3) is 0 Å². The number of amides is 1. The Kier molecular flexibility index (Phi) is 5.24. The molecule has 0 unspecified atom stereocenters. The van der Waals surface area contributed by atoms with Gasteiger partial charge < -0.3 is 14.4 Å². The maximum absolute atomic E-state index is 13.8. The first kappa shape index (κ1) is 18.1. The molecular weight excluding hydrogens is 280 g/mol. The molecular formula is C15H27F2NO3. The molecule has 6 heteroatoms. The van der Waals surface area contributed by atoms with Crippen LogP contribution in [0.2, 0.25) is 0 Å². The van der Waals surface area contributed by atoms with Crippen LogP contribution in [0.15, 0.2) is 0 Å². The number of nitrogens with zero attached hydrogens (tertiary/aromatic N) is 1. The molecule has 0 aromatic rings. The van der Waals surface area contributed by atoms with Crippen LogP contribution in [-0.4, -0.2) is 41.9 Å². The minimum absolute atomic E-state index is 0.177. The van der Waals surface area contributed by atoms with Gasteiger partial charge in [-0.2, -0.15) is 8.78 Å². The Morgan fingerprint density at radius 1 is 1.19 bits per heavy atom. The summed E-state index contributed by atoms with van der Waals surface area (Å²) in [4.78, 5) is 13.5. The first-order valence-electron chi connectivity index (χ1n) is 7.35. The van der Waals surface area contributed by atoms with Crippen LogP contribution in [0.5, 0.6) is 0 Å². The van der Waals surface area contributed by atoms with E-state index in [0.29, 0.717) is 13.0 Å². The third kappa shape index (κ3) is 5.09. The van der Waals surface area contributed by atoms with E-state index in [2.05, 4.69) is 0 Å². The molecule has 1 aliphatic rings. The number of rotatable bonds is 3. The normalized spacial score (nSPS) is 20.8. The average molecular weight is 307 g/mol. The predicted molar refractivity (Wildman–Crippen MR) is 76.3 cm³/mol. The van der Waals surface area contributed by atoms with E-state index < -0.39 is 23.2 Å². The number of halogens is 2. The van der Waals surface area contributed by atoms with E-state index in [4.69, 9.17) is 9.47 Å². The molecule has 0 aliphatic carbocycles. The van der Waals surface area contributed by atoms with Gasteiger partial charge in [-0.25, -0.2) is 4.79 Å². The number of likely N-dealkylation sites (tertiary alicyclic amines) is 1. The zero-order valence-corrected chi connectivity index (χ0v) is 13.8. The van der Waals surface area contributed by atoms with Crippen LogP contribution in [-0.2, 0) is 9.47 Å². The first-order chi connectivity index (χ1) is 9.33. The summed E-state index contributed by atoms with van der Waals surface area (Å²) < 4.78 is 37.8. The number of ether oxygens (including phenoxy) is 2. The van der Waals surface area contributed by atoms with Crippen molar-refractivity contribution in [2.45, 2.75) is 72.1 Å². The Balaban J connectivity index is 2.61. The van der Waals surface area contributed by atoms with Crippen molar-refractivity contribution in [2.24, 2.45) is 5.41 Å². The molecule has 0 N–H and O–H groups in total. The van der Waals surface area contributed by atoms with E-state index in [-0.39, 0.29) is 12.6 Å². The lowest BCUT2D eigenvalue weighted by molar-refractivity contribution is -0.298. The molecule has 1 rings (SSSR count). The highest BCUT2D eigenvalue weighted by atomic mass is 19.3. The van der Waals surface area contributed by atoms with Crippen LogP contribution in [0, 0.1) is 5.41 Å². The van der Waals surface area contributed by atoms with Crippen LogP contribution in [0.3, 0.4) is 0 Å². The van der Waals surface area contributed by atoms with Crippen molar-refractivity contribution in [3.8, 4) is 0 Å². The lowest BCUT2D eigenvalue weighted by Crippen LogP contribution is -2.45. The molecule has 124 valence electrons. The van der Waals surface area contributed by atoms with Gasteiger partial charge in [-0.05, 0) is 33.6 Å². The molecule has 0 saturated carbocycles. The molecule has 1 amide bonds. The van der Waals surface area contributed by atoms with Gasteiger partial charge in [-0.3, -0.25) is 0 Å². The molecule has 1 aliphatic heterocycles. The number of hydrogen-bond acceptors (Lipinski definition) is 3. The summed E-state index contributed by atoms with van der Waals surface area (Å²) in [6.45, 7) is 9.95. The van der Waals surface area contributed by atoms with Crippen LogP contribution in [0.1, 0.15) is 54.4 Å². The Labute approximate surface area is 125 Å². The summed E-state index contributed by atoms with van der Waals surface area (Å²) in [6, 6.07) is -0.354. The van der Waals surface area contributed by atoms with Gasteiger partial charge in [0.2, 0.25) is 0 Å². The molecule has 1 heterocycles. The molecule has 0 aromatic heterocycles. The standard InChI is InChI=1S/C15H27F2NO3/c1-13(2,3)15(16,17)20-10-11-8-7-9-18(11)12(19)21-14(4,5)6/h11H,7-10H2,1-6H3/t11-/m0/s1. The molecule has 0 aromatic carbocycles. The Bertz CT molecular complexity index is 372. The third-order valence-corrected chi connectivity index (χ3v) is 3.34. The number of alkyl halides is 2. The average Bonchev–Trinajstić information content (AvgIpc) is 2.70. The smallest absolute Gasteiger partial charge is 0.410 e. The van der Waals surface area contributed by atoms with E-state index in [1.54, 1.807) is 20.8 Å². The van der Waals surface area contributed by atoms with Gasteiger partial charge in [-0.1, -0.05) is 20.8 Å². The van der Waals surface area contributed by atoms with Gasteiger partial charge in [0.15, 0.2) is 0 Å². The van der Waals surface area contributed by atoms with Crippen LogP contribution in [0.4, 0.5) is 13.6 Å². The number of carbonyl (C=O) groups excluding carboxylic acids is 1. The molecule has 21 heavy (non-hydrogen) atoms. The van der Waals surface area contributed by atoms with Gasteiger partial charge in [-0.15, -0.1) is 0 Å². The molecule has 0 radical (unpaired) electrons. The van der Waals surface area contributed by atoms with Crippen molar-refractivity contribution < 1.29 is 23.0 Å². The van der Waals surface area contributed by atoms with E-state index in [9.17, 15) is 13.6 Å². The predicted octanol–water partition coefficient (Wildman–Crippen LogP) is 4.04. The van der Waals surface area contributed by atoms with E-state index in [1.807, 2.05) is 0 Å². The fraction of sp³-hybridized carbons (Fsp3) is 0.933. The van der Waals surface area contributed by atoms with Crippen LogP contribution < -0.4 is 0 Å². The number of carbonyl (C=O) groups is 1. The topological polar surface area (TPSA) is 38.8 Å². The summed E-state index contributed by atoms with van der Waals surface area (Å²) in [5.41, 5.74) is -1.87. The highest BCUT2D eigenvalue weighted by Gasteiger charge is 2.45. The fourth-order valence-corrected chi connectivity index (χ4v) is 1.99. The summed E-state index contributed by atoms with van der Waals surface area (Å²) in [5.74, 6) is 0. The van der Waals surface area contributed by atoms with Gasteiger partial charge >= 0.3 is 12.2 Å². The van der Waals surface area contributed by atoms with E-state index >= 15 is 0 Å². The number of hydrogen-bond donors (Lipinski definition) is 0. The van der Waals surface area contributed by atoms with Gasteiger partial charge in [0.25, 0.3) is 0 Å². The SMILES string of the molecule is CC(C)(C)OC(=O)N1CCC[C@H]1COC(F)(F)C(C)(C)C. The van der Waals surface area contributed by atoms with Crippen molar-refractivity contribution in [3.63, 3.8) is 0 Å². The third-order valence-electron chi connectivity index (χ3n) is 3.34. The van der Waals surface area contributed by atoms with Crippen molar-refractivity contribution in [1.29, 1.82) is 0 Å². The summed E-state index contributed by atoms with van der Waals surface area (Å²) in [6.07, 6.45) is -2.27. The van der Waals surface area contributed by atoms with Crippen LogP contribution >= 0.6 is 0 Å². The first-order valence-corrected chi connectivity index (χ1v) is 7.35. The largest absolute Gasteiger partial charge is 0.444 e. The monoisotopic (exact) mass is 307 g/mol. The quantitative estimate of drug-likeness (QED) is 0.790. The maximum Gasteiger partial charge on any atom is 0.410 e. The molecule has 0 spiro atoms. The Hall–Kier alpha value is -0.910. The second-order valence-corrected chi connectivity index (χ2v) is 7.55. The van der Waals surface area contributed by atoms with Crippen molar-refractivity contribution in [2.75, 3.05) is 13.2 Å². The maximum atomic E-state index is 13.8. The molecule has 0 bridgehead atoms. The molecule has 1 atom stereocenters. The Morgan fingerprint density at radius 2 is 1.76 bits per heavy atom. The lowest BCUT2D eigenvalue weighted by atomic mass is 9.95. The summed E-state index contributed by atoms with van der Waals surface area (Å²) >= 11 is 0. The highest BCUT2D eigenvalue weighted by molar-refractivity contribution is 5.68. The fourth-order valence-electron chi connectivity index (χ4n) is 1.99. The second kappa shape index (κ2) is 6.07. The van der Waals surface area contributed by atoms with Crippen molar-refractivity contribution in [1.82, 2.24) is 4.90 Å². The summed E-state index contributed by atoms with van der Waals surface area (Å²) in [7, 11) is 0. The van der Waals surface area contributed by atoms with E-state index in [0.717, 1.165) is 6.42 Å². The van der Waals surface area contributed by atoms with Crippen molar-refractivity contribution in [3.05, 3.63) is 0 Å². The summed E-state index contributed by atoms with van der Waals surface area (Å²) in [5, 5.41) is 0. The van der Waals surface area contributed by atoms with E-state index in [1.165, 1.54) is 25.7 Å². The lowest BCUT2D eigenvalue weighted by Gasteiger charge is -2.33. The highest BCUT2D eigenvalue weighted by Crippen LogP contribution is 2.37. The van der Waals surface area contributed by atoms with Gasteiger partial charge in [0.1, 0.15) is 5.60 Å². The molecule has 1 saturated heterocycles. The molecule has 1 fully saturated rings. The zero-order chi connectivity index (χ0) is 16.5. The van der Waals surface area contributed by atoms with Gasteiger partial charge in [0, 0.05) is 6.54 Å². The minimum Gasteiger partial charge on any atom is -0.444 e. The molecule has 4 nitrogen and oxygen atoms in total. The minimum atomic E-state index is -3.23. The zero-order valence-electron chi connectivity index (χ0n) is 13.8. The second-order valence-electron chi connectivity index (χ2n) is 7.55. The van der Waals surface area contributed by atoms with Crippen molar-refractivity contribution >= 4 is 6.09 Å².